The highest BCUT2D eigenvalue weighted by Crippen LogP contribution is 2.28. The molecule has 3 fully saturated rings. The molecule has 37 heavy (non-hydrogen) atoms. The van der Waals surface area contributed by atoms with Gasteiger partial charge in [0.2, 0.25) is 0 Å². The largest absolute Gasteiger partial charge is 0.442 e. The minimum atomic E-state index is -0.624. The van der Waals surface area contributed by atoms with E-state index in [0.717, 1.165) is 0 Å². The van der Waals surface area contributed by atoms with Gasteiger partial charge in [-0.1, -0.05) is 0 Å². The Morgan fingerprint density at radius 1 is 0.892 bits per heavy atom. The number of cyclic esters (lactones) is 1. The van der Waals surface area contributed by atoms with Gasteiger partial charge >= 0.3 is 12.1 Å². The summed E-state index contributed by atoms with van der Waals surface area (Å²) in [6.45, 7) is 4.75. The number of benzene rings is 2. The van der Waals surface area contributed by atoms with Crippen molar-refractivity contribution in [2.24, 2.45) is 0 Å². The number of anilines is 4. The molecule has 198 valence electrons. The predicted octanol–water partition coefficient (Wildman–Crippen LogP) is 2.78. The monoisotopic (exact) mass is 517 g/mol. The van der Waals surface area contributed by atoms with Gasteiger partial charge in [0.25, 0.3) is 0 Å². The minimum absolute atomic E-state index is 0.0385. The normalized spacial score (nSPS) is 20.1. The van der Waals surface area contributed by atoms with Gasteiger partial charge < -0.3 is 34.6 Å². The van der Waals surface area contributed by atoms with E-state index in [1.807, 2.05) is 9.80 Å². The lowest BCUT2D eigenvalue weighted by molar-refractivity contribution is 0.122. The van der Waals surface area contributed by atoms with Crippen molar-refractivity contribution in [2.45, 2.75) is 6.10 Å². The minimum Gasteiger partial charge on any atom is -0.442 e. The second-order valence-electron chi connectivity index (χ2n) is 8.95. The Bertz CT molecular complexity index is 1140. The topological polar surface area (TPSA) is 95.6 Å². The van der Waals surface area contributed by atoms with Gasteiger partial charge in [0.05, 0.1) is 56.6 Å². The number of ether oxygens (including phenoxy) is 3. The molecular weight excluding hydrogens is 488 g/mol. The Morgan fingerprint density at radius 2 is 1.49 bits per heavy atom. The highest BCUT2D eigenvalue weighted by molar-refractivity contribution is 5.91. The van der Waals surface area contributed by atoms with E-state index in [0.29, 0.717) is 75.4 Å². The molecule has 1 unspecified atom stereocenters. The highest BCUT2D eigenvalue weighted by Gasteiger charge is 2.33. The van der Waals surface area contributed by atoms with Crippen LogP contribution in [0.5, 0.6) is 0 Å². The molecule has 0 radical (unpaired) electrons. The fraction of sp³-hybridized carbons (Fsp3) is 0.440. The van der Waals surface area contributed by atoms with Gasteiger partial charge in [-0.15, -0.1) is 0 Å². The number of rotatable bonds is 6. The molecule has 0 bridgehead atoms. The molecule has 2 aromatic rings. The van der Waals surface area contributed by atoms with E-state index in [9.17, 15) is 18.4 Å². The fourth-order valence-corrected chi connectivity index (χ4v) is 4.59. The van der Waals surface area contributed by atoms with Crippen LogP contribution in [0, 0.1) is 11.6 Å². The van der Waals surface area contributed by atoms with Gasteiger partial charge in [-0.2, -0.15) is 0 Å². The first-order valence-corrected chi connectivity index (χ1v) is 12.3. The first kappa shape index (κ1) is 25.0. The molecule has 10 nitrogen and oxygen atoms in total. The van der Waals surface area contributed by atoms with Crippen molar-refractivity contribution < 1.29 is 32.6 Å². The van der Waals surface area contributed by atoms with Crippen LogP contribution in [0.4, 0.5) is 41.1 Å². The first-order chi connectivity index (χ1) is 18.0. The van der Waals surface area contributed by atoms with Crippen LogP contribution in [0.1, 0.15) is 0 Å². The summed E-state index contributed by atoms with van der Waals surface area (Å²) in [6.07, 6.45) is -1.24. The Hall–Kier alpha value is -3.64. The van der Waals surface area contributed by atoms with E-state index in [-0.39, 0.29) is 13.1 Å². The number of nitrogens with zero attached hydrogens (tertiary/aromatic N) is 3. The molecule has 3 heterocycles. The van der Waals surface area contributed by atoms with Crippen LogP contribution in [0.2, 0.25) is 0 Å². The highest BCUT2D eigenvalue weighted by atomic mass is 19.1. The Labute approximate surface area is 213 Å². The summed E-state index contributed by atoms with van der Waals surface area (Å²) in [5.74, 6) is -0.869. The molecule has 1 atom stereocenters. The SMILES string of the molecule is O=C(NCC1CN(c2ccc(N3CCOCC3)c(F)c2)C(=O)O1)Nc1ccc(N2CCOCC2)c(F)c1. The van der Waals surface area contributed by atoms with Gasteiger partial charge in [-0.25, -0.2) is 18.4 Å². The summed E-state index contributed by atoms with van der Waals surface area (Å²) in [5, 5.41) is 5.22. The maximum absolute atomic E-state index is 14.8. The van der Waals surface area contributed by atoms with Crippen molar-refractivity contribution >= 4 is 34.9 Å². The van der Waals surface area contributed by atoms with Crippen molar-refractivity contribution in [1.29, 1.82) is 0 Å². The van der Waals surface area contributed by atoms with Crippen molar-refractivity contribution in [2.75, 3.05) is 85.7 Å². The quantitative estimate of drug-likeness (QED) is 0.609. The molecule has 12 heteroatoms. The predicted molar refractivity (Wildman–Crippen MR) is 134 cm³/mol. The van der Waals surface area contributed by atoms with E-state index in [2.05, 4.69) is 10.6 Å². The van der Waals surface area contributed by atoms with Crippen molar-refractivity contribution in [3.05, 3.63) is 48.0 Å². The zero-order valence-corrected chi connectivity index (χ0v) is 20.3. The van der Waals surface area contributed by atoms with Crippen LogP contribution in [0.3, 0.4) is 0 Å². The third kappa shape index (κ3) is 5.86. The van der Waals surface area contributed by atoms with Crippen molar-refractivity contribution in [1.82, 2.24) is 5.32 Å². The lowest BCUT2D eigenvalue weighted by Crippen LogP contribution is -2.37. The molecule has 3 amide bonds. The summed E-state index contributed by atoms with van der Waals surface area (Å²) in [7, 11) is 0. The lowest BCUT2D eigenvalue weighted by Gasteiger charge is -2.29. The zero-order chi connectivity index (χ0) is 25.8. The molecule has 2 N–H and O–H groups in total. The van der Waals surface area contributed by atoms with E-state index in [1.54, 1.807) is 24.3 Å². The van der Waals surface area contributed by atoms with Gasteiger partial charge in [0.1, 0.15) is 17.7 Å². The summed E-state index contributed by atoms with van der Waals surface area (Å²) in [4.78, 5) is 29.9. The Morgan fingerprint density at radius 3 is 2.08 bits per heavy atom. The summed E-state index contributed by atoms with van der Waals surface area (Å²) >= 11 is 0. The summed E-state index contributed by atoms with van der Waals surface area (Å²) in [5.41, 5.74) is 1.60. The average Bonchev–Trinajstić information content (AvgIpc) is 3.29. The third-order valence-electron chi connectivity index (χ3n) is 6.52. The maximum Gasteiger partial charge on any atom is 0.414 e. The lowest BCUT2D eigenvalue weighted by atomic mass is 10.2. The molecule has 5 rings (SSSR count). The number of urea groups is 1. The molecule has 3 aliphatic rings. The van der Waals surface area contributed by atoms with Crippen LogP contribution >= 0.6 is 0 Å². The van der Waals surface area contributed by atoms with Crippen LogP contribution < -0.4 is 25.3 Å². The van der Waals surface area contributed by atoms with Gasteiger partial charge in [0.15, 0.2) is 0 Å². The van der Waals surface area contributed by atoms with E-state index < -0.39 is 29.9 Å². The Kier molecular flexibility index (Phi) is 7.56. The standard InChI is InChI=1S/C25H29F2N5O5/c26-20-13-17(1-3-22(20)30-5-9-35-10-6-30)29-24(33)28-15-19-16-32(25(34)37-19)18-2-4-23(21(27)14-18)31-7-11-36-12-8-31/h1-4,13-14,19H,5-12,15-16H2,(H2,28,29,33). The Balaban J connectivity index is 1.13. The molecule has 3 saturated heterocycles. The van der Waals surface area contributed by atoms with Crippen LogP contribution in [0.15, 0.2) is 36.4 Å². The zero-order valence-electron chi connectivity index (χ0n) is 20.3. The number of nitrogens with one attached hydrogen (secondary N) is 2. The number of amides is 3. The van der Waals surface area contributed by atoms with Crippen LogP contribution in [-0.2, 0) is 14.2 Å². The van der Waals surface area contributed by atoms with Gasteiger partial charge in [-0.3, -0.25) is 4.90 Å². The molecule has 0 saturated carbocycles. The smallest absolute Gasteiger partial charge is 0.414 e. The van der Waals surface area contributed by atoms with Crippen LogP contribution in [-0.4, -0.2) is 83.9 Å². The van der Waals surface area contributed by atoms with E-state index >= 15 is 0 Å². The number of halogens is 2. The molecule has 2 aromatic carbocycles. The second-order valence-corrected chi connectivity index (χ2v) is 8.95. The summed E-state index contributed by atoms with van der Waals surface area (Å²) < 4.78 is 45.3. The van der Waals surface area contributed by atoms with Crippen LogP contribution in [0.25, 0.3) is 0 Å². The first-order valence-electron chi connectivity index (χ1n) is 12.3. The van der Waals surface area contributed by atoms with Gasteiger partial charge in [-0.05, 0) is 36.4 Å². The maximum atomic E-state index is 14.8. The number of carbonyl (C=O) groups excluding carboxylic acids is 2. The molecule has 3 aliphatic heterocycles. The van der Waals surface area contributed by atoms with Crippen molar-refractivity contribution in [3.63, 3.8) is 0 Å². The fourth-order valence-electron chi connectivity index (χ4n) is 4.59. The average molecular weight is 518 g/mol. The van der Waals surface area contributed by atoms with Crippen molar-refractivity contribution in [3.8, 4) is 0 Å². The van der Waals surface area contributed by atoms with E-state index in [1.165, 1.54) is 17.0 Å². The van der Waals surface area contributed by atoms with Gasteiger partial charge in [0, 0.05) is 31.9 Å². The van der Waals surface area contributed by atoms with E-state index in [4.69, 9.17) is 14.2 Å². The number of hydrogen-bond acceptors (Lipinski definition) is 7. The second kappa shape index (κ2) is 11.2. The number of morpholine rings is 2. The molecular formula is C25H29F2N5O5. The molecule has 0 aromatic heterocycles. The summed E-state index contributed by atoms with van der Waals surface area (Å²) in [6, 6.07) is 8.57. The third-order valence-corrected chi connectivity index (χ3v) is 6.52. The number of carbonyl (C=O) groups is 2. The molecule has 0 aliphatic carbocycles. The molecule has 0 spiro atoms. The number of hydrogen-bond donors (Lipinski definition) is 2.